The summed E-state index contributed by atoms with van der Waals surface area (Å²) in [6.07, 6.45) is 3.35. The number of nitrogens with zero attached hydrogens (tertiary/aromatic N) is 6. The zero-order chi connectivity index (χ0) is 17.5. The van der Waals surface area contributed by atoms with E-state index >= 15 is 0 Å². The van der Waals surface area contributed by atoms with Crippen LogP contribution < -0.4 is 0 Å². The normalized spacial score (nSPS) is 11.4. The fraction of sp³-hybridized carbons (Fsp3) is 0.0526. The van der Waals surface area contributed by atoms with E-state index in [2.05, 4.69) is 60.4 Å². The highest BCUT2D eigenvalue weighted by Crippen LogP contribution is 2.23. The molecule has 3 heterocycles. The molecular formula is C19H13IN6. The van der Waals surface area contributed by atoms with Crippen molar-refractivity contribution in [1.82, 2.24) is 29.3 Å². The molecule has 5 aromatic rings. The first kappa shape index (κ1) is 15.4. The molecule has 0 saturated carbocycles. The van der Waals surface area contributed by atoms with Crippen molar-refractivity contribution in [2.24, 2.45) is 0 Å². The van der Waals surface area contributed by atoms with Crippen molar-refractivity contribution in [2.45, 2.75) is 6.54 Å². The summed E-state index contributed by atoms with van der Waals surface area (Å²) in [6, 6.07) is 18.4. The molecule has 0 bridgehead atoms. The minimum atomic E-state index is 0.528. The summed E-state index contributed by atoms with van der Waals surface area (Å²) < 4.78 is 4.96. The number of rotatable bonds is 3. The van der Waals surface area contributed by atoms with Crippen LogP contribution in [0.5, 0.6) is 0 Å². The smallest absolute Gasteiger partial charge is 0.162 e. The second-order valence-electron chi connectivity index (χ2n) is 5.90. The quantitative estimate of drug-likeness (QED) is 0.391. The van der Waals surface area contributed by atoms with E-state index in [9.17, 15) is 0 Å². The fourth-order valence-electron chi connectivity index (χ4n) is 3.17. The first-order valence-corrected chi connectivity index (χ1v) is 9.23. The Balaban J connectivity index is 1.72. The summed E-state index contributed by atoms with van der Waals surface area (Å²) in [5.41, 5.74) is 3.94. The van der Waals surface area contributed by atoms with Gasteiger partial charge in [-0.1, -0.05) is 30.3 Å². The lowest BCUT2D eigenvalue weighted by Gasteiger charge is -2.09. The Kier molecular flexibility index (Phi) is 3.66. The van der Waals surface area contributed by atoms with Gasteiger partial charge < -0.3 is 0 Å². The van der Waals surface area contributed by atoms with Crippen LogP contribution in [0.15, 0.2) is 67.1 Å². The molecule has 0 amide bonds. The van der Waals surface area contributed by atoms with E-state index < -0.39 is 0 Å². The van der Waals surface area contributed by atoms with Crippen LogP contribution >= 0.6 is 22.6 Å². The monoisotopic (exact) mass is 452 g/mol. The van der Waals surface area contributed by atoms with Crippen molar-refractivity contribution in [3.8, 4) is 5.69 Å². The molecule has 5 rings (SSSR count). The molecular weight excluding hydrogens is 439 g/mol. The van der Waals surface area contributed by atoms with Gasteiger partial charge in [-0.05, 0) is 46.9 Å². The highest BCUT2D eigenvalue weighted by atomic mass is 127. The summed E-state index contributed by atoms with van der Waals surface area (Å²) in [6.45, 7) is 0.528. The number of imidazole rings is 1. The molecule has 2 aromatic carbocycles. The molecule has 0 fully saturated rings. The summed E-state index contributed by atoms with van der Waals surface area (Å²) in [5, 5.41) is 5.59. The van der Waals surface area contributed by atoms with Gasteiger partial charge in [-0.15, -0.1) is 0 Å². The Bertz CT molecular complexity index is 1220. The second kappa shape index (κ2) is 6.17. The van der Waals surface area contributed by atoms with Gasteiger partial charge in [-0.25, -0.2) is 19.6 Å². The zero-order valence-corrected chi connectivity index (χ0v) is 15.8. The molecule has 0 aliphatic carbocycles. The van der Waals surface area contributed by atoms with E-state index in [4.69, 9.17) is 4.98 Å². The first-order valence-electron chi connectivity index (χ1n) is 8.15. The number of benzene rings is 2. The topological polar surface area (TPSA) is 61.4 Å². The maximum absolute atomic E-state index is 4.86. The lowest BCUT2D eigenvalue weighted by molar-refractivity contribution is 0.659. The lowest BCUT2D eigenvalue weighted by Crippen LogP contribution is -2.09. The predicted molar refractivity (Wildman–Crippen MR) is 108 cm³/mol. The number of aromatic nitrogens is 6. The van der Waals surface area contributed by atoms with E-state index in [1.807, 2.05) is 41.1 Å². The van der Waals surface area contributed by atoms with Crippen LogP contribution in [0.2, 0.25) is 0 Å². The van der Waals surface area contributed by atoms with Crippen molar-refractivity contribution in [2.75, 3.05) is 0 Å². The van der Waals surface area contributed by atoms with Gasteiger partial charge in [-0.3, -0.25) is 4.57 Å². The number of hydrogen-bond acceptors (Lipinski definition) is 4. The third-order valence-electron chi connectivity index (χ3n) is 4.30. The first-order chi connectivity index (χ1) is 12.8. The molecule has 0 saturated heterocycles. The molecule has 0 radical (unpaired) electrons. The Morgan fingerprint density at radius 3 is 2.65 bits per heavy atom. The number of para-hydroxylation sites is 3. The summed E-state index contributed by atoms with van der Waals surface area (Å²) >= 11 is 2.22. The van der Waals surface area contributed by atoms with Crippen LogP contribution in [0.25, 0.3) is 27.8 Å². The maximum Gasteiger partial charge on any atom is 0.162 e. The van der Waals surface area contributed by atoms with Crippen molar-refractivity contribution >= 4 is 44.7 Å². The zero-order valence-electron chi connectivity index (χ0n) is 13.6. The SMILES string of the molecule is Ic1nn(Cc2nc3ccccc3n2-c2ccccc2)c2ncncc12. The molecule has 0 spiro atoms. The van der Waals surface area contributed by atoms with Crippen molar-refractivity contribution in [3.05, 3.63) is 76.6 Å². The van der Waals surface area contributed by atoms with Crippen molar-refractivity contribution in [1.29, 1.82) is 0 Å². The second-order valence-corrected chi connectivity index (χ2v) is 6.92. The van der Waals surface area contributed by atoms with Gasteiger partial charge >= 0.3 is 0 Å². The maximum atomic E-state index is 4.86. The number of hydrogen-bond donors (Lipinski definition) is 0. The molecule has 0 atom stereocenters. The number of halogens is 1. The van der Waals surface area contributed by atoms with Crippen molar-refractivity contribution < 1.29 is 0 Å². The van der Waals surface area contributed by atoms with E-state index in [0.717, 1.165) is 37.3 Å². The van der Waals surface area contributed by atoms with Crippen LogP contribution in [0.1, 0.15) is 5.82 Å². The third kappa shape index (κ3) is 2.47. The van der Waals surface area contributed by atoms with Crippen LogP contribution in [-0.4, -0.2) is 29.3 Å². The molecule has 0 N–H and O–H groups in total. The van der Waals surface area contributed by atoms with Crippen LogP contribution in [-0.2, 0) is 6.54 Å². The Morgan fingerprint density at radius 2 is 1.77 bits per heavy atom. The van der Waals surface area contributed by atoms with Gasteiger partial charge in [0, 0.05) is 11.9 Å². The molecule has 0 aliphatic heterocycles. The largest absolute Gasteiger partial charge is 0.295 e. The summed E-state index contributed by atoms with van der Waals surface area (Å²) in [5.74, 6) is 0.914. The van der Waals surface area contributed by atoms with Crippen LogP contribution in [0.4, 0.5) is 0 Å². The van der Waals surface area contributed by atoms with Gasteiger partial charge in [-0.2, -0.15) is 5.10 Å². The summed E-state index contributed by atoms with van der Waals surface area (Å²) in [4.78, 5) is 13.4. The van der Waals surface area contributed by atoms with E-state index in [0.29, 0.717) is 6.54 Å². The standard InChI is InChI=1S/C19H13IN6/c20-18-14-10-21-12-22-19(14)25(24-18)11-17-23-15-8-4-5-9-16(15)26(17)13-6-2-1-3-7-13/h1-10,12H,11H2. The van der Waals surface area contributed by atoms with Gasteiger partial charge in [0.1, 0.15) is 22.4 Å². The van der Waals surface area contributed by atoms with E-state index in [1.54, 1.807) is 12.5 Å². The average molecular weight is 452 g/mol. The van der Waals surface area contributed by atoms with Crippen molar-refractivity contribution in [3.63, 3.8) is 0 Å². The number of fused-ring (bicyclic) bond motifs is 2. The third-order valence-corrected chi connectivity index (χ3v) is 5.10. The Hall–Kier alpha value is -2.81. The molecule has 7 heteroatoms. The highest BCUT2D eigenvalue weighted by molar-refractivity contribution is 14.1. The van der Waals surface area contributed by atoms with Gasteiger partial charge in [0.05, 0.1) is 16.4 Å². The van der Waals surface area contributed by atoms with Gasteiger partial charge in [0.15, 0.2) is 5.65 Å². The van der Waals surface area contributed by atoms with E-state index in [-0.39, 0.29) is 0 Å². The summed E-state index contributed by atoms with van der Waals surface area (Å²) in [7, 11) is 0. The highest BCUT2D eigenvalue weighted by Gasteiger charge is 2.16. The van der Waals surface area contributed by atoms with Gasteiger partial charge in [0.2, 0.25) is 0 Å². The lowest BCUT2D eigenvalue weighted by atomic mass is 10.3. The van der Waals surface area contributed by atoms with E-state index in [1.165, 1.54) is 0 Å². The fourth-order valence-corrected chi connectivity index (χ4v) is 3.81. The minimum absolute atomic E-state index is 0.528. The van der Waals surface area contributed by atoms with Crippen LogP contribution in [0, 0.1) is 3.70 Å². The van der Waals surface area contributed by atoms with Crippen LogP contribution in [0.3, 0.4) is 0 Å². The average Bonchev–Trinajstić information content (AvgIpc) is 3.21. The van der Waals surface area contributed by atoms with Gasteiger partial charge in [0.25, 0.3) is 0 Å². The minimum Gasteiger partial charge on any atom is -0.295 e. The Morgan fingerprint density at radius 1 is 0.962 bits per heavy atom. The molecule has 0 unspecified atom stereocenters. The Labute approximate surface area is 162 Å². The molecule has 3 aromatic heterocycles. The molecule has 6 nitrogen and oxygen atoms in total. The predicted octanol–water partition coefficient (Wildman–Crippen LogP) is 3.82. The molecule has 126 valence electrons. The molecule has 0 aliphatic rings. The molecule has 26 heavy (non-hydrogen) atoms.